The van der Waals surface area contributed by atoms with Crippen molar-refractivity contribution in [3.8, 4) is 5.75 Å². The third-order valence-electron chi connectivity index (χ3n) is 3.03. The largest absolute Gasteiger partial charge is 0.496 e. The summed E-state index contributed by atoms with van der Waals surface area (Å²) in [6.07, 6.45) is 0. The molecule has 0 aliphatic rings. The van der Waals surface area contributed by atoms with E-state index in [-0.39, 0.29) is 11.7 Å². The van der Waals surface area contributed by atoms with Gasteiger partial charge in [0.15, 0.2) is 5.13 Å². The molecule has 0 bridgehead atoms. The lowest BCUT2D eigenvalue weighted by molar-refractivity contribution is 0.0942. The Morgan fingerprint density at radius 3 is 2.81 bits per heavy atom. The van der Waals surface area contributed by atoms with Gasteiger partial charge in [-0.3, -0.25) is 4.79 Å². The van der Waals surface area contributed by atoms with Gasteiger partial charge < -0.3 is 15.8 Å². The molecule has 7 heteroatoms. The average Bonchev–Trinajstić information content (AvgIpc) is 2.77. The average molecular weight is 309 g/mol. The third kappa shape index (κ3) is 3.30. The summed E-state index contributed by atoms with van der Waals surface area (Å²) in [7, 11) is 1.50. The summed E-state index contributed by atoms with van der Waals surface area (Å²) in [6, 6.07) is 3.78. The van der Waals surface area contributed by atoms with Gasteiger partial charge in [-0.25, -0.2) is 9.37 Å². The Kier molecular flexibility index (Phi) is 4.42. The summed E-state index contributed by atoms with van der Waals surface area (Å²) in [6.45, 7) is 3.48. The Labute approximate surface area is 126 Å². The molecule has 1 aromatic carbocycles. The summed E-state index contributed by atoms with van der Waals surface area (Å²) < 4.78 is 18.6. The van der Waals surface area contributed by atoms with Gasteiger partial charge in [-0.05, 0) is 32.0 Å². The lowest BCUT2D eigenvalue weighted by Gasteiger charge is -2.17. The van der Waals surface area contributed by atoms with Crippen LogP contribution in [0.2, 0.25) is 0 Å². The van der Waals surface area contributed by atoms with Crippen LogP contribution >= 0.6 is 11.3 Å². The fraction of sp³-hybridized carbons (Fsp3) is 0.286. The number of aryl methyl sites for hydroxylation is 1. The van der Waals surface area contributed by atoms with Crippen LogP contribution in [0.5, 0.6) is 5.75 Å². The zero-order valence-corrected chi connectivity index (χ0v) is 12.8. The molecule has 1 heterocycles. The molecule has 0 radical (unpaired) electrons. The molecule has 2 rings (SSSR count). The number of aromatic nitrogens is 1. The summed E-state index contributed by atoms with van der Waals surface area (Å²) in [5, 5.41) is 3.14. The lowest BCUT2D eigenvalue weighted by Crippen LogP contribution is -2.26. The van der Waals surface area contributed by atoms with Crippen LogP contribution in [0.25, 0.3) is 0 Å². The van der Waals surface area contributed by atoms with Crippen molar-refractivity contribution in [2.45, 2.75) is 19.9 Å². The van der Waals surface area contributed by atoms with Crippen LogP contribution in [-0.2, 0) is 0 Å². The predicted octanol–water partition coefficient (Wildman–Crippen LogP) is 2.67. The van der Waals surface area contributed by atoms with Gasteiger partial charge in [0.1, 0.15) is 16.4 Å². The maximum absolute atomic E-state index is 13.4. The van der Waals surface area contributed by atoms with Crippen molar-refractivity contribution < 1.29 is 13.9 Å². The van der Waals surface area contributed by atoms with Gasteiger partial charge in [0.25, 0.3) is 5.91 Å². The molecule has 1 aromatic heterocycles. The highest BCUT2D eigenvalue weighted by Gasteiger charge is 2.19. The highest BCUT2D eigenvalue weighted by molar-refractivity contribution is 7.17. The highest BCUT2D eigenvalue weighted by atomic mass is 32.1. The van der Waals surface area contributed by atoms with E-state index in [0.717, 1.165) is 11.3 Å². The van der Waals surface area contributed by atoms with Gasteiger partial charge in [0, 0.05) is 5.56 Å². The Morgan fingerprint density at radius 1 is 1.52 bits per heavy atom. The van der Waals surface area contributed by atoms with Gasteiger partial charge in [-0.1, -0.05) is 11.3 Å². The second kappa shape index (κ2) is 6.09. The van der Waals surface area contributed by atoms with Gasteiger partial charge in [0.05, 0.1) is 18.8 Å². The Hall–Kier alpha value is -2.15. The summed E-state index contributed by atoms with van der Waals surface area (Å²) >= 11 is 1.12. The number of carbonyl (C=O) groups is 1. The number of methoxy groups -OCH3 is 1. The van der Waals surface area contributed by atoms with Gasteiger partial charge in [0.2, 0.25) is 0 Å². The van der Waals surface area contributed by atoms with E-state index in [1.54, 1.807) is 13.8 Å². The second-order valence-electron chi connectivity index (χ2n) is 4.55. The third-order valence-corrected chi connectivity index (χ3v) is 4.01. The van der Waals surface area contributed by atoms with E-state index >= 15 is 0 Å². The van der Waals surface area contributed by atoms with E-state index in [4.69, 9.17) is 10.5 Å². The number of carbonyl (C=O) groups excluding carboxylic acids is 1. The molecule has 0 aliphatic heterocycles. The van der Waals surface area contributed by atoms with Crippen molar-refractivity contribution in [2.75, 3.05) is 12.8 Å². The van der Waals surface area contributed by atoms with E-state index < -0.39 is 6.04 Å². The normalized spacial score (nSPS) is 12.0. The number of nitrogens with zero attached hydrogens (tertiary/aromatic N) is 1. The van der Waals surface area contributed by atoms with Crippen molar-refractivity contribution in [2.24, 2.45) is 0 Å². The topological polar surface area (TPSA) is 77.2 Å². The van der Waals surface area contributed by atoms with Crippen LogP contribution in [0, 0.1) is 12.7 Å². The van der Waals surface area contributed by atoms with Crippen molar-refractivity contribution >= 4 is 22.4 Å². The molecule has 21 heavy (non-hydrogen) atoms. The smallest absolute Gasteiger partial charge is 0.263 e. The Bertz CT molecular complexity index is 672. The minimum Gasteiger partial charge on any atom is -0.496 e. The van der Waals surface area contributed by atoms with Crippen molar-refractivity contribution in [3.63, 3.8) is 0 Å². The molecule has 0 aliphatic carbocycles. The number of halogens is 1. The first-order chi connectivity index (χ1) is 9.92. The Morgan fingerprint density at radius 2 is 2.24 bits per heavy atom. The number of hydrogen-bond donors (Lipinski definition) is 2. The van der Waals surface area contributed by atoms with Crippen LogP contribution in [-0.4, -0.2) is 18.0 Å². The van der Waals surface area contributed by atoms with Crippen LogP contribution in [0.3, 0.4) is 0 Å². The minimum atomic E-state index is -0.411. The SMILES string of the molecule is COc1ccc(F)cc1C(C)NC(=O)c1sc(N)nc1C. The fourth-order valence-corrected chi connectivity index (χ4v) is 2.75. The first kappa shape index (κ1) is 15.2. The van der Waals surface area contributed by atoms with Crippen molar-refractivity contribution in [1.29, 1.82) is 0 Å². The quantitative estimate of drug-likeness (QED) is 0.910. The maximum Gasteiger partial charge on any atom is 0.263 e. The lowest BCUT2D eigenvalue weighted by atomic mass is 10.1. The number of anilines is 1. The molecule has 0 spiro atoms. The molecule has 0 fully saturated rings. The number of nitrogens with one attached hydrogen (secondary N) is 1. The van der Waals surface area contributed by atoms with Crippen molar-refractivity contribution in [1.82, 2.24) is 10.3 Å². The monoisotopic (exact) mass is 309 g/mol. The molecule has 112 valence electrons. The van der Waals surface area contributed by atoms with E-state index in [9.17, 15) is 9.18 Å². The summed E-state index contributed by atoms with van der Waals surface area (Å²) in [4.78, 5) is 16.7. The van der Waals surface area contributed by atoms with E-state index in [1.807, 2.05) is 0 Å². The van der Waals surface area contributed by atoms with Crippen LogP contribution in [0.4, 0.5) is 9.52 Å². The molecule has 2 aromatic rings. The molecular formula is C14H16FN3O2S. The van der Waals surface area contributed by atoms with Crippen LogP contribution < -0.4 is 15.8 Å². The first-order valence-corrected chi connectivity index (χ1v) is 7.11. The molecule has 1 amide bonds. The number of hydrogen-bond acceptors (Lipinski definition) is 5. The molecule has 5 nitrogen and oxygen atoms in total. The zero-order valence-electron chi connectivity index (χ0n) is 11.9. The zero-order chi connectivity index (χ0) is 15.6. The summed E-state index contributed by atoms with van der Waals surface area (Å²) in [5.41, 5.74) is 6.73. The molecule has 0 saturated heterocycles. The van der Waals surface area contributed by atoms with E-state index in [2.05, 4.69) is 10.3 Å². The standard InChI is InChI=1S/C14H16FN3O2S/c1-7(10-6-9(15)4-5-11(10)20-3)17-13(19)12-8(2)18-14(16)21-12/h4-7H,1-3H3,(H2,16,18)(H,17,19). The summed E-state index contributed by atoms with van der Waals surface area (Å²) in [5.74, 6) is -0.157. The maximum atomic E-state index is 13.4. The number of nitrogen functional groups attached to an aromatic ring is 1. The van der Waals surface area contributed by atoms with E-state index in [1.165, 1.54) is 25.3 Å². The van der Waals surface area contributed by atoms with Crippen LogP contribution in [0.1, 0.15) is 33.9 Å². The number of benzene rings is 1. The predicted molar refractivity (Wildman–Crippen MR) is 80.1 cm³/mol. The fourth-order valence-electron chi connectivity index (χ4n) is 2.01. The molecule has 1 atom stereocenters. The highest BCUT2D eigenvalue weighted by Crippen LogP contribution is 2.27. The second-order valence-corrected chi connectivity index (χ2v) is 5.58. The van der Waals surface area contributed by atoms with Crippen molar-refractivity contribution in [3.05, 3.63) is 40.2 Å². The number of amides is 1. The van der Waals surface area contributed by atoms with Gasteiger partial charge >= 0.3 is 0 Å². The molecular weight excluding hydrogens is 293 g/mol. The molecule has 1 unspecified atom stereocenters. The Balaban J connectivity index is 2.21. The first-order valence-electron chi connectivity index (χ1n) is 6.29. The minimum absolute atomic E-state index is 0.291. The van der Waals surface area contributed by atoms with E-state index in [0.29, 0.717) is 27.0 Å². The van der Waals surface area contributed by atoms with Crippen LogP contribution in [0.15, 0.2) is 18.2 Å². The number of nitrogens with two attached hydrogens (primary N) is 1. The van der Waals surface area contributed by atoms with Gasteiger partial charge in [-0.2, -0.15) is 0 Å². The molecule has 0 saturated carbocycles. The molecule has 3 N–H and O–H groups in total. The number of ether oxygens (including phenoxy) is 1. The van der Waals surface area contributed by atoms with Gasteiger partial charge in [-0.15, -0.1) is 0 Å². The number of rotatable bonds is 4. The number of thiazole rings is 1.